The topological polar surface area (TPSA) is 132 Å². The molecule has 4 rings (SSSR count). The molecule has 1 amide bonds. The van der Waals surface area contributed by atoms with Crippen molar-refractivity contribution in [2.75, 3.05) is 5.32 Å². The third-order valence-electron chi connectivity index (χ3n) is 4.96. The third kappa shape index (κ3) is 3.45. The predicted molar refractivity (Wildman–Crippen MR) is 115 cm³/mol. The SMILES string of the molecule is Cc1ccc(-n2c(=O)[nH]c3c(C(=O)Nc4ccc(F)c([N+](=O)[O-])c4)cn(C)c3c2=O)cc1. The highest BCUT2D eigenvalue weighted by molar-refractivity contribution is 6.11. The Labute approximate surface area is 178 Å². The van der Waals surface area contributed by atoms with Crippen LogP contribution in [0.1, 0.15) is 15.9 Å². The molecule has 0 aliphatic rings. The van der Waals surface area contributed by atoms with Gasteiger partial charge in [-0.05, 0) is 31.2 Å². The molecule has 11 heteroatoms. The molecule has 0 aliphatic heterocycles. The van der Waals surface area contributed by atoms with Crippen LogP contribution < -0.4 is 16.6 Å². The highest BCUT2D eigenvalue weighted by Gasteiger charge is 2.21. The number of nitro benzene ring substituents is 1. The molecule has 32 heavy (non-hydrogen) atoms. The summed E-state index contributed by atoms with van der Waals surface area (Å²) in [5.74, 6) is -1.78. The van der Waals surface area contributed by atoms with Gasteiger partial charge in [0, 0.05) is 25.0 Å². The lowest BCUT2D eigenvalue weighted by molar-refractivity contribution is -0.387. The molecule has 2 aromatic heterocycles. The van der Waals surface area contributed by atoms with E-state index in [2.05, 4.69) is 10.3 Å². The number of nitrogens with one attached hydrogen (secondary N) is 2. The van der Waals surface area contributed by atoms with Crippen LogP contribution in [-0.2, 0) is 7.05 Å². The lowest BCUT2D eigenvalue weighted by Gasteiger charge is -2.07. The number of halogens is 1. The Kier molecular flexibility index (Phi) is 4.93. The number of aromatic amines is 1. The minimum atomic E-state index is -1.04. The van der Waals surface area contributed by atoms with E-state index in [1.165, 1.54) is 16.8 Å². The van der Waals surface area contributed by atoms with Gasteiger partial charge in [-0.3, -0.25) is 19.7 Å². The van der Waals surface area contributed by atoms with E-state index in [1.807, 2.05) is 6.92 Å². The van der Waals surface area contributed by atoms with Crippen LogP contribution in [0.15, 0.2) is 58.3 Å². The van der Waals surface area contributed by atoms with Crippen molar-refractivity contribution in [3.05, 3.63) is 96.6 Å². The number of amides is 1. The van der Waals surface area contributed by atoms with Gasteiger partial charge in [0.05, 0.1) is 21.7 Å². The molecule has 2 heterocycles. The van der Waals surface area contributed by atoms with E-state index in [-0.39, 0.29) is 22.3 Å². The Hall–Kier alpha value is -4.54. The second-order valence-electron chi connectivity index (χ2n) is 7.16. The van der Waals surface area contributed by atoms with Crippen molar-refractivity contribution < 1.29 is 14.1 Å². The number of carbonyl (C=O) groups excluding carboxylic acids is 1. The predicted octanol–water partition coefficient (Wildman–Crippen LogP) is 2.63. The summed E-state index contributed by atoms with van der Waals surface area (Å²) in [6, 6.07) is 9.70. The summed E-state index contributed by atoms with van der Waals surface area (Å²) in [4.78, 5) is 51.2. The molecule has 162 valence electrons. The van der Waals surface area contributed by atoms with Crippen molar-refractivity contribution in [2.24, 2.45) is 7.05 Å². The zero-order valence-electron chi connectivity index (χ0n) is 16.9. The molecule has 0 saturated heterocycles. The fourth-order valence-corrected chi connectivity index (χ4v) is 3.40. The first-order chi connectivity index (χ1) is 15.2. The van der Waals surface area contributed by atoms with Gasteiger partial charge < -0.3 is 14.9 Å². The Balaban J connectivity index is 1.80. The van der Waals surface area contributed by atoms with Gasteiger partial charge in [-0.1, -0.05) is 17.7 Å². The number of hydrogen-bond donors (Lipinski definition) is 2. The normalized spacial score (nSPS) is 11.0. The van der Waals surface area contributed by atoms with Crippen LogP contribution in [0.25, 0.3) is 16.7 Å². The highest BCUT2D eigenvalue weighted by Crippen LogP contribution is 2.23. The van der Waals surface area contributed by atoms with Gasteiger partial charge in [-0.25, -0.2) is 9.36 Å². The van der Waals surface area contributed by atoms with Gasteiger partial charge >= 0.3 is 11.4 Å². The fourth-order valence-electron chi connectivity index (χ4n) is 3.40. The third-order valence-corrected chi connectivity index (χ3v) is 4.96. The van der Waals surface area contributed by atoms with Crippen LogP contribution in [0.2, 0.25) is 0 Å². The van der Waals surface area contributed by atoms with Crippen molar-refractivity contribution >= 4 is 28.3 Å². The second-order valence-corrected chi connectivity index (χ2v) is 7.16. The van der Waals surface area contributed by atoms with Crippen molar-refractivity contribution in [3.8, 4) is 5.69 Å². The quantitative estimate of drug-likeness (QED) is 0.374. The van der Waals surface area contributed by atoms with Crippen LogP contribution >= 0.6 is 0 Å². The first kappa shape index (κ1) is 20.7. The maximum Gasteiger partial charge on any atom is 0.333 e. The molecule has 0 saturated carbocycles. The number of aromatic nitrogens is 3. The van der Waals surface area contributed by atoms with Gasteiger partial charge in [-0.15, -0.1) is 0 Å². The molecule has 0 radical (unpaired) electrons. The van der Waals surface area contributed by atoms with Crippen LogP contribution in [0.4, 0.5) is 15.8 Å². The van der Waals surface area contributed by atoms with Crippen LogP contribution in [-0.4, -0.2) is 24.9 Å². The Morgan fingerprint density at radius 1 is 1.16 bits per heavy atom. The Bertz CT molecular complexity index is 1510. The van der Waals surface area contributed by atoms with E-state index < -0.39 is 33.6 Å². The zero-order chi connectivity index (χ0) is 23.2. The van der Waals surface area contributed by atoms with E-state index in [1.54, 1.807) is 31.3 Å². The average molecular weight is 437 g/mol. The Morgan fingerprint density at radius 3 is 2.50 bits per heavy atom. The number of carbonyl (C=O) groups is 1. The van der Waals surface area contributed by atoms with Crippen LogP contribution in [0.5, 0.6) is 0 Å². The van der Waals surface area contributed by atoms with Crippen molar-refractivity contribution in [1.29, 1.82) is 0 Å². The zero-order valence-corrected chi connectivity index (χ0v) is 16.9. The number of nitro groups is 1. The van der Waals surface area contributed by atoms with Gasteiger partial charge in [0.25, 0.3) is 11.5 Å². The van der Waals surface area contributed by atoms with Crippen molar-refractivity contribution in [3.63, 3.8) is 0 Å². The number of hydrogen-bond acceptors (Lipinski definition) is 5. The van der Waals surface area contributed by atoms with E-state index in [0.717, 1.165) is 22.3 Å². The number of benzene rings is 2. The summed E-state index contributed by atoms with van der Waals surface area (Å²) in [6.07, 6.45) is 1.36. The van der Waals surface area contributed by atoms with Crippen LogP contribution in [0.3, 0.4) is 0 Å². The molecule has 0 unspecified atom stereocenters. The van der Waals surface area contributed by atoms with E-state index in [0.29, 0.717) is 5.69 Å². The molecule has 0 bridgehead atoms. The van der Waals surface area contributed by atoms with Crippen molar-refractivity contribution in [1.82, 2.24) is 14.1 Å². The standard InChI is InChI=1S/C21H16FN5O5/c1-11-3-6-13(7-4-11)26-20(29)18-17(24-21(26)30)14(10-25(18)2)19(28)23-12-5-8-15(22)16(9-12)27(31)32/h3-10H,1-2H3,(H,23,28)(H,24,30). The highest BCUT2D eigenvalue weighted by atomic mass is 19.1. The average Bonchev–Trinajstić information content (AvgIpc) is 3.07. The van der Waals surface area contributed by atoms with Gasteiger partial charge in [0.1, 0.15) is 5.52 Å². The van der Waals surface area contributed by atoms with Gasteiger partial charge in [0.15, 0.2) is 0 Å². The van der Waals surface area contributed by atoms with Crippen molar-refractivity contribution in [2.45, 2.75) is 6.92 Å². The van der Waals surface area contributed by atoms with Gasteiger partial charge in [0.2, 0.25) is 5.82 Å². The smallest absolute Gasteiger partial charge is 0.333 e. The summed E-state index contributed by atoms with van der Waals surface area (Å²) in [5, 5.41) is 13.3. The number of nitrogens with zero attached hydrogens (tertiary/aromatic N) is 3. The number of aryl methyl sites for hydroxylation is 2. The minimum absolute atomic E-state index is 0.0139. The molecule has 0 fully saturated rings. The van der Waals surface area contributed by atoms with Crippen LogP contribution in [0, 0.1) is 22.9 Å². The maximum absolute atomic E-state index is 13.5. The largest absolute Gasteiger partial charge is 0.344 e. The summed E-state index contributed by atoms with van der Waals surface area (Å²) in [5.41, 5.74) is -0.769. The molecule has 2 aromatic carbocycles. The lowest BCUT2D eigenvalue weighted by atomic mass is 10.2. The first-order valence-electron chi connectivity index (χ1n) is 9.34. The molecule has 0 atom stereocenters. The molecular formula is C21H16FN5O5. The summed E-state index contributed by atoms with van der Waals surface area (Å²) in [6.45, 7) is 1.87. The van der Waals surface area contributed by atoms with Gasteiger partial charge in [-0.2, -0.15) is 4.39 Å². The number of H-pyrrole nitrogens is 1. The molecule has 10 nitrogen and oxygen atoms in total. The lowest BCUT2D eigenvalue weighted by Crippen LogP contribution is -2.34. The molecule has 0 spiro atoms. The number of rotatable bonds is 4. The summed E-state index contributed by atoms with van der Waals surface area (Å²) < 4.78 is 15.9. The summed E-state index contributed by atoms with van der Waals surface area (Å²) in [7, 11) is 1.54. The van der Waals surface area contributed by atoms with E-state index in [9.17, 15) is 28.9 Å². The monoisotopic (exact) mass is 437 g/mol. The number of fused-ring (bicyclic) bond motifs is 1. The molecule has 0 aliphatic carbocycles. The molecular weight excluding hydrogens is 421 g/mol. The first-order valence-corrected chi connectivity index (χ1v) is 9.34. The Morgan fingerprint density at radius 2 is 1.84 bits per heavy atom. The molecule has 2 N–H and O–H groups in total. The summed E-state index contributed by atoms with van der Waals surface area (Å²) >= 11 is 0. The van der Waals surface area contributed by atoms with E-state index in [4.69, 9.17) is 0 Å². The fraction of sp³-hybridized carbons (Fsp3) is 0.0952. The van der Waals surface area contributed by atoms with E-state index >= 15 is 0 Å². The minimum Gasteiger partial charge on any atom is -0.344 e. The molecule has 4 aromatic rings. The number of anilines is 1. The maximum atomic E-state index is 13.5. The second kappa shape index (κ2) is 7.61.